The van der Waals surface area contributed by atoms with Crippen molar-refractivity contribution in [2.75, 3.05) is 26.2 Å². The number of carboxylic acids is 2. The number of amides is 1. The largest absolute Gasteiger partial charge is 0.494 e. The predicted octanol–water partition coefficient (Wildman–Crippen LogP) is 5.95. The predicted molar refractivity (Wildman–Crippen MR) is 162 cm³/mol. The first-order chi connectivity index (χ1) is 21.1. The van der Waals surface area contributed by atoms with Gasteiger partial charge >= 0.3 is 11.9 Å². The van der Waals surface area contributed by atoms with Crippen LogP contribution in [-0.4, -0.2) is 64.1 Å². The molecule has 3 aromatic carbocycles. The highest BCUT2D eigenvalue weighted by Gasteiger charge is 2.33. The number of ether oxygens (including phenoxy) is 1. The molecule has 2 N–H and O–H groups in total. The molecule has 3 aromatic rings. The summed E-state index contributed by atoms with van der Waals surface area (Å²) in [6, 6.07) is 22.4. The number of halogens is 2. The van der Waals surface area contributed by atoms with Crippen molar-refractivity contribution in [2.24, 2.45) is 5.92 Å². The zero-order chi connectivity index (χ0) is 31.9. The summed E-state index contributed by atoms with van der Waals surface area (Å²) in [5.41, 5.74) is 1.80. The third-order valence-electron chi connectivity index (χ3n) is 7.30. The number of likely N-dealkylation sites (tertiary alicyclic amines) is 1. The van der Waals surface area contributed by atoms with Crippen molar-refractivity contribution in [3.63, 3.8) is 0 Å². The molecular weight excluding hydrogens is 570 g/mol. The van der Waals surface area contributed by atoms with Crippen LogP contribution in [0.1, 0.15) is 43.4 Å². The number of hydrogen-bond donors (Lipinski definition) is 2. The van der Waals surface area contributed by atoms with Crippen LogP contribution in [0.5, 0.6) is 5.75 Å². The molecule has 8 nitrogen and oxygen atoms in total. The minimum absolute atomic E-state index is 0.0471. The fraction of sp³-hybridized carbons (Fsp3) is 0.324. The fourth-order valence-electron chi connectivity index (χ4n) is 5.19. The van der Waals surface area contributed by atoms with Gasteiger partial charge in [-0.3, -0.25) is 4.79 Å². The highest BCUT2D eigenvalue weighted by Crippen LogP contribution is 2.37. The van der Waals surface area contributed by atoms with Gasteiger partial charge < -0.3 is 24.7 Å². The smallest absolute Gasteiger partial charge is 0.328 e. The van der Waals surface area contributed by atoms with Crippen LogP contribution in [0, 0.1) is 17.6 Å². The Bertz CT molecular complexity index is 1340. The van der Waals surface area contributed by atoms with Gasteiger partial charge in [0.25, 0.3) is 0 Å². The van der Waals surface area contributed by atoms with Gasteiger partial charge in [-0.25, -0.2) is 18.4 Å². The molecule has 1 unspecified atom stereocenters. The van der Waals surface area contributed by atoms with E-state index in [1.54, 1.807) is 31.2 Å². The quantitative estimate of drug-likeness (QED) is 0.193. The number of hydrogen-bond acceptors (Lipinski definition) is 5. The van der Waals surface area contributed by atoms with Crippen molar-refractivity contribution in [2.45, 2.75) is 38.8 Å². The molecule has 1 heterocycles. The zero-order valence-corrected chi connectivity index (χ0v) is 24.6. The van der Waals surface area contributed by atoms with Crippen LogP contribution in [0.25, 0.3) is 0 Å². The van der Waals surface area contributed by atoms with E-state index in [0.29, 0.717) is 25.3 Å². The van der Waals surface area contributed by atoms with E-state index in [9.17, 15) is 23.2 Å². The van der Waals surface area contributed by atoms with E-state index in [1.165, 1.54) is 24.3 Å². The Kier molecular flexibility index (Phi) is 13.5. The number of carboxylic acid groups (broad SMARTS) is 2. The van der Waals surface area contributed by atoms with E-state index >= 15 is 0 Å². The van der Waals surface area contributed by atoms with Crippen molar-refractivity contribution in [3.05, 3.63) is 114 Å². The minimum atomic E-state index is -1.26. The normalized spacial score (nSPS) is 14.3. The molecule has 0 bridgehead atoms. The van der Waals surface area contributed by atoms with Crippen LogP contribution in [0.3, 0.4) is 0 Å². The summed E-state index contributed by atoms with van der Waals surface area (Å²) in [4.78, 5) is 36.3. The van der Waals surface area contributed by atoms with Gasteiger partial charge in [-0.1, -0.05) is 42.5 Å². The number of para-hydroxylation sites is 1. The maximum absolute atomic E-state index is 13.7. The van der Waals surface area contributed by atoms with Gasteiger partial charge in [0.05, 0.1) is 12.6 Å². The third kappa shape index (κ3) is 11.6. The van der Waals surface area contributed by atoms with E-state index < -0.39 is 11.9 Å². The van der Waals surface area contributed by atoms with E-state index in [2.05, 4.69) is 4.90 Å². The van der Waals surface area contributed by atoms with Crippen molar-refractivity contribution < 1.29 is 38.1 Å². The van der Waals surface area contributed by atoms with Crippen LogP contribution >= 0.6 is 0 Å². The van der Waals surface area contributed by atoms with Gasteiger partial charge in [0, 0.05) is 32.2 Å². The van der Waals surface area contributed by atoms with Crippen LogP contribution in [-0.2, 0) is 20.9 Å². The molecule has 0 spiro atoms. The van der Waals surface area contributed by atoms with Crippen molar-refractivity contribution >= 4 is 17.8 Å². The average molecular weight is 609 g/mol. The molecule has 1 atom stereocenters. The number of carbonyl (C=O) groups is 3. The summed E-state index contributed by atoms with van der Waals surface area (Å²) in [7, 11) is 0. The summed E-state index contributed by atoms with van der Waals surface area (Å²) < 4.78 is 33.0. The Labute approximate surface area is 256 Å². The molecule has 44 heavy (non-hydrogen) atoms. The summed E-state index contributed by atoms with van der Waals surface area (Å²) in [5, 5.41) is 15.6. The zero-order valence-electron chi connectivity index (χ0n) is 24.6. The lowest BCUT2D eigenvalue weighted by Crippen LogP contribution is -2.42. The number of carbonyl (C=O) groups excluding carboxylic acids is 1. The van der Waals surface area contributed by atoms with Gasteiger partial charge in [0.1, 0.15) is 17.4 Å². The molecule has 1 amide bonds. The molecular formula is C34H38F2N2O6. The van der Waals surface area contributed by atoms with E-state index in [-0.39, 0.29) is 29.5 Å². The maximum atomic E-state index is 13.7. The molecule has 0 aliphatic carbocycles. The van der Waals surface area contributed by atoms with Gasteiger partial charge in [-0.15, -0.1) is 0 Å². The molecule has 0 saturated carbocycles. The second-order valence-electron chi connectivity index (χ2n) is 10.5. The molecule has 234 valence electrons. The Morgan fingerprint density at radius 3 is 1.95 bits per heavy atom. The Morgan fingerprint density at radius 2 is 1.43 bits per heavy atom. The number of benzene rings is 3. The summed E-state index contributed by atoms with van der Waals surface area (Å²) in [6.07, 6.45) is 3.94. The molecule has 0 radical (unpaired) electrons. The topological polar surface area (TPSA) is 107 Å². The highest BCUT2D eigenvalue weighted by atomic mass is 19.1. The number of rotatable bonds is 12. The third-order valence-corrected chi connectivity index (χ3v) is 7.30. The molecule has 0 aromatic heterocycles. The monoisotopic (exact) mass is 608 g/mol. The van der Waals surface area contributed by atoms with E-state index in [4.69, 9.17) is 14.9 Å². The SMILES string of the molecule is CC(=O)N(Cc1ccc(F)cc1)C(c1ccc(F)cc1)C1CCN(CCCOc2ccccc2)CC1.O=C(O)/C=C/C(=O)O. The molecule has 1 aliphatic heterocycles. The summed E-state index contributed by atoms with van der Waals surface area (Å²) in [6.45, 7) is 5.48. The van der Waals surface area contributed by atoms with Gasteiger partial charge in [-0.05, 0) is 85.8 Å². The highest BCUT2D eigenvalue weighted by molar-refractivity contribution is 5.89. The molecule has 1 fully saturated rings. The first-order valence-corrected chi connectivity index (χ1v) is 14.4. The van der Waals surface area contributed by atoms with Crippen LogP contribution in [0.4, 0.5) is 8.78 Å². The van der Waals surface area contributed by atoms with Gasteiger partial charge in [0.2, 0.25) is 5.91 Å². The first kappa shape index (κ1) is 33.9. The molecule has 10 heteroatoms. The lowest BCUT2D eigenvalue weighted by Gasteiger charge is -2.41. The van der Waals surface area contributed by atoms with E-state index in [0.717, 1.165) is 55.8 Å². The lowest BCUT2D eigenvalue weighted by atomic mass is 9.84. The standard InChI is InChI=1S/C30H34F2N2O2.C4H4O4/c1-23(35)34(22-24-8-12-27(31)13-9-24)30(25-10-14-28(32)15-11-25)26-16-19-33(20-17-26)18-5-21-36-29-6-3-2-4-7-29;5-3(6)1-2-4(7)8/h2-4,6-15,26,30H,5,16-22H2,1H3;1-2H,(H,5,6)(H,7,8)/b;2-1+. The Morgan fingerprint density at radius 1 is 0.886 bits per heavy atom. The number of piperidine rings is 1. The van der Waals surface area contributed by atoms with Gasteiger partial charge in [-0.2, -0.15) is 0 Å². The lowest BCUT2D eigenvalue weighted by molar-refractivity contribution is -0.134. The van der Waals surface area contributed by atoms with Crippen molar-refractivity contribution in [1.29, 1.82) is 0 Å². The maximum Gasteiger partial charge on any atom is 0.328 e. The second-order valence-corrected chi connectivity index (χ2v) is 10.5. The summed E-state index contributed by atoms with van der Waals surface area (Å²) in [5.74, 6) is -2.02. The van der Waals surface area contributed by atoms with Crippen LogP contribution < -0.4 is 4.74 Å². The van der Waals surface area contributed by atoms with E-state index in [1.807, 2.05) is 35.2 Å². The molecule has 1 saturated heterocycles. The molecule has 4 rings (SSSR count). The van der Waals surface area contributed by atoms with Gasteiger partial charge in [0.15, 0.2) is 0 Å². The fourth-order valence-corrected chi connectivity index (χ4v) is 5.19. The Hall–Kier alpha value is -4.57. The van der Waals surface area contributed by atoms with Crippen molar-refractivity contribution in [3.8, 4) is 5.75 Å². The molecule has 1 aliphatic rings. The van der Waals surface area contributed by atoms with Crippen LogP contribution in [0.15, 0.2) is 91.0 Å². The second kappa shape index (κ2) is 17.5. The number of nitrogens with zero attached hydrogens (tertiary/aromatic N) is 2. The summed E-state index contributed by atoms with van der Waals surface area (Å²) >= 11 is 0. The average Bonchev–Trinajstić information content (AvgIpc) is 3.01. The number of aliphatic carboxylic acids is 2. The van der Waals surface area contributed by atoms with Crippen LogP contribution in [0.2, 0.25) is 0 Å². The minimum Gasteiger partial charge on any atom is -0.494 e. The Balaban J connectivity index is 0.000000583. The van der Waals surface area contributed by atoms with Crippen molar-refractivity contribution in [1.82, 2.24) is 9.80 Å². The first-order valence-electron chi connectivity index (χ1n) is 14.4.